The van der Waals surface area contributed by atoms with Crippen LogP contribution in [0.4, 0.5) is 5.82 Å². The molecule has 31 heavy (non-hydrogen) atoms. The van der Waals surface area contributed by atoms with Crippen molar-refractivity contribution in [1.82, 2.24) is 15.3 Å². The maximum Gasteiger partial charge on any atom is 0.239 e. The lowest BCUT2D eigenvalue weighted by molar-refractivity contribution is -0.121. The average molecular weight is 432 g/mol. The van der Waals surface area contributed by atoms with Crippen LogP contribution in [-0.2, 0) is 22.4 Å². The van der Waals surface area contributed by atoms with Crippen LogP contribution >= 0.6 is 0 Å². The van der Waals surface area contributed by atoms with Crippen LogP contribution in [0.25, 0.3) is 0 Å². The van der Waals surface area contributed by atoms with Gasteiger partial charge in [0.15, 0.2) is 5.82 Å². The lowest BCUT2D eigenvalue weighted by Gasteiger charge is -2.25. The van der Waals surface area contributed by atoms with Crippen molar-refractivity contribution in [2.45, 2.75) is 59.4 Å². The third kappa shape index (κ3) is 10.4. The SMILES string of the molecule is C=CC.C=CC(=NC)c1nc2c(c(N(C)CC(=O)NC(C)(C)C)n1)CCC2.CCOC. The second kappa shape index (κ2) is 14.5. The molecule has 0 aromatic carbocycles. The maximum atomic E-state index is 12.2. The van der Waals surface area contributed by atoms with Gasteiger partial charge in [-0.05, 0) is 60.0 Å². The van der Waals surface area contributed by atoms with Crippen molar-refractivity contribution < 1.29 is 9.53 Å². The van der Waals surface area contributed by atoms with Gasteiger partial charge in [-0.25, -0.2) is 9.97 Å². The highest BCUT2D eigenvalue weighted by Crippen LogP contribution is 2.28. The maximum absolute atomic E-state index is 12.2. The number of rotatable bonds is 6. The zero-order valence-corrected chi connectivity index (χ0v) is 20.7. The Labute approximate surface area is 188 Å². The fraction of sp³-hybridized carbons (Fsp3) is 0.583. The molecule has 1 aliphatic carbocycles. The van der Waals surface area contributed by atoms with E-state index in [1.807, 2.05) is 46.6 Å². The van der Waals surface area contributed by atoms with Gasteiger partial charge in [0.25, 0.3) is 0 Å². The molecular formula is C24H41N5O2. The highest BCUT2D eigenvalue weighted by molar-refractivity contribution is 6.05. The van der Waals surface area contributed by atoms with Crippen molar-refractivity contribution in [1.29, 1.82) is 0 Å². The predicted molar refractivity (Wildman–Crippen MR) is 131 cm³/mol. The largest absolute Gasteiger partial charge is 0.385 e. The molecular weight excluding hydrogens is 390 g/mol. The summed E-state index contributed by atoms with van der Waals surface area (Å²) in [5, 5.41) is 2.98. The molecule has 2 rings (SSSR count). The first-order chi connectivity index (χ1) is 14.6. The highest BCUT2D eigenvalue weighted by Gasteiger charge is 2.24. The van der Waals surface area contributed by atoms with Gasteiger partial charge in [0.2, 0.25) is 5.91 Å². The van der Waals surface area contributed by atoms with E-state index in [4.69, 9.17) is 0 Å². The monoisotopic (exact) mass is 431 g/mol. The lowest BCUT2D eigenvalue weighted by Crippen LogP contribution is -2.45. The van der Waals surface area contributed by atoms with Gasteiger partial charge < -0.3 is 15.0 Å². The number of hydrogen-bond donors (Lipinski definition) is 1. The highest BCUT2D eigenvalue weighted by atomic mass is 16.5. The van der Waals surface area contributed by atoms with E-state index in [2.05, 4.69) is 38.2 Å². The van der Waals surface area contributed by atoms with Gasteiger partial charge in [-0.3, -0.25) is 9.79 Å². The Morgan fingerprint density at radius 1 is 1.29 bits per heavy atom. The number of anilines is 1. The smallest absolute Gasteiger partial charge is 0.239 e. The van der Waals surface area contributed by atoms with Gasteiger partial charge in [-0.2, -0.15) is 0 Å². The number of allylic oxidation sites excluding steroid dienone is 2. The summed E-state index contributed by atoms with van der Waals surface area (Å²) in [7, 11) is 5.28. The van der Waals surface area contributed by atoms with Crippen molar-refractivity contribution in [3.05, 3.63) is 42.4 Å². The summed E-state index contributed by atoms with van der Waals surface area (Å²) in [6, 6.07) is 0. The summed E-state index contributed by atoms with van der Waals surface area (Å²) in [5.41, 5.74) is 2.62. The zero-order valence-electron chi connectivity index (χ0n) is 20.7. The first kappa shape index (κ1) is 28.5. The molecule has 0 radical (unpaired) electrons. The summed E-state index contributed by atoms with van der Waals surface area (Å²) in [5.74, 6) is 1.37. The number of ether oxygens (including phenoxy) is 1. The van der Waals surface area contributed by atoms with Gasteiger partial charge in [0.05, 0.1) is 6.54 Å². The molecule has 0 aliphatic heterocycles. The molecule has 1 aromatic rings. The number of carbonyl (C=O) groups is 1. The third-order valence-electron chi connectivity index (χ3n) is 4.12. The normalized spacial score (nSPS) is 12.5. The Hall–Kier alpha value is -2.54. The molecule has 1 aliphatic rings. The Bertz CT molecular complexity index is 749. The topological polar surface area (TPSA) is 79.7 Å². The predicted octanol–water partition coefficient (Wildman–Crippen LogP) is 3.77. The van der Waals surface area contributed by atoms with E-state index in [1.165, 1.54) is 0 Å². The molecule has 1 heterocycles. The Balaban J connectivity index is 0.00000113. The van der Waals surface area contributed by atoms with Crippen LogP contribution in [0.3, 0.4) is 0 Å². The standard InChI is InChI=1S/C18H27N5O.C3H8O.C3H6/c1-7-13(19-5)16-20-14-10-8-9-12(14)17(21-16)23(6)11-15(24)22-18(2,3)4;1-3-4-2;1-3-2/h7H,1,8-11H2,2-6H3,(H,22,24);3H2,1-2H3;3H,1H2,2H3. The lowest BCUT2D eigenvalue weighted by atomic mass is 10.1. The number of amides is 1. The van der Waals surface area contributed by atoms with Crippen LogP contribution in [0.2, 0.25) is 0 Å². The molecule has 0 fully saturated rings. The molecule has 174 valence electrons. The number of nitrogens with one attached hydrogen (secondary N) is 1. The van der Waals surface area contributed by atoms with E-state index >= 15 is 0 Å². The zero-order chi connectivity index (χ0) is 24.0. The van der Waals surface area contributed by atoms with Crippen molar-refractivity contribution in [2.75, 3.05) is 39.3 Å². The molecule has 0 saturated heterocycles. The first-order valence-corrected chi connectivity index (χ1v) is 10.7. The Morgan fingerprint density at radius 3 is 2.32 bits per heavy atom. The fourth-order valence-corrected chi connectivity index (χ4v) is 2.87. The molecule has 7 heteroatoms. The second-order valence-corrected chi connectivity index (χ2v) is 8.10. The number of methoxy groups -OCH3 is 1. The molecule has 0 atom stereocenters. The summed E-state index contributed by atoms with van der Waals surface area (Å²) < 4.78 is 4.54. The van der Waals surface area contributed by atoms with E-state index < -0.39 is 0 Å². The first-order valence-electron chi connectivity index (χ1n) is 10.7. The number of nitrogens with zero attached hydrogens (tertiary/aromatic N) is 4. The van der Waals surface area contributed by atoms with Crippen LogP contribution in [0.1, 0.15) is 58.1 Å². The summed E-state index contributed by atoms with van der Waals surface area (Å²) in [6.07, 6.45) is 6.36. The van der Waals surface area contributed by atoms with Crippen molar-refractivity contribution in [3.8, 4) is 0 Å². The van der Waals surface area contributed by atoms with Crippen LogP contribution in [0.5, 0.6) is 0 Å². The minimum absolute atomic E-state index is 0.0231. The van der Waals surface area contributed by atoms with Gasteiger partial charge in [0, 0.05) is 44.6 Å². The molecule has 0 spiro atoms. The van der Waals surface area contributed by atoms with Crippen molar-refractivity contribution in [3.63, 3.8) is 0 Å². The minimum atomic E-state index is -0.248. The summed E-state index contributed by atoms with van der Waals surface area (Å²) in [4.78, 5) is 27.6. The molecule has 0 saturated carbocycles. The van der Waals surface area contributed by atoms with Crippen LogP contribution < -0.4 is 10.2 Å². The van der Waals surface area contributed by atoms with Gasteiger partial charge in [-0.15, -0.1) is 6.58 Å². The van der Waals surface area contributed by atoms with Crippen molar-refractivity contribution >= 4 is 17.4 Å². The second-order valence-electron chi connectivity index (χ2n) is 8.10. The van der Waals surface area contributed by atoms with E-state index in [0.29, 0.717) is 11.5 Å². The number of likely N-dealkylation sites (N-methyl/N-ethyl adjacent to an activating group) is 1. The minimum Gasteiger partial charge on any atom is -0.385 e. The van der Waals surface area contributed by atoms with E-state index in [1.54, 1.807) is 26.3 Å². The fourth-order valence-electron chi connectivity index (χ4n) is 2.87. The molecule has 1 N–H and O–H groups in total. The van der Waals surface area contributed by atoms with E-state index in [0.717, 1.165) is 42.9 Å². The number of hydrogen-bond acceptors (Lipinski definition) is 6. The number of aliphatic imine (C=N–C) groups is 1. The summed E-state index contributed by atoms with van der Waals surface area (Å²) in [6.45, 7) is 18.0. The van der Waals surface area contributed by atoms with Crippen molar-refractivity contribution in [2.24, 2.45) is 4.99 Å². The molecule has 7 nitrogen and oxygen atoms in total. The average Bonchev–Trinajstić information content (AvgIpc) is 3.16. The Kier molecular flexibility index (Phi) is 13.3. The van der Waals surface area contributed by atoms with E-state index in [9.17, 15) is 4.79 Å². The number of carbonyl (C=O) groups excluding carboxylic acids is 1. The number of fused-ring (bicyclic) bond motifs is 1. The molecule has 0 unspecified atom stereocenters. The molecule has 0 bridgehead atoms. The Morgan fingerprint density at radius 2 is 1.87 bits per heavy atom. The van der Waals surface area contributed by atoms with Crippen LogP contribution in [0.15, 0.2) is 30.3 Å². The molecule has 1 amide bonds. The van der Waals surface area contributed by atoms with Crippen LogP contribution in [0, 0.1) is 0 Å². The van der Waals surface area contributed by atoms with E-state index in [-0.39, 0.29) is 18.0 Å². The molecule has 1 aromatic heterocycles. The quantitative estimate of drug-likeness (QED) is 0.548. The van der Waals surface area contributed by atoms with Gasteiger partial charge >= 0.3 is 0 Å². The third-order valence-corrected chi connectivity index (χ3v) is 4.12. The number of aromatic nitrogens is 2. The summed E-state index contributed by atoms with van der Waals surface area (Å²) >= 11 is 0. The number of aryl methyl sites for hydroxylation is 1. The van der Waals surface area contributed by atoms with Crippen LogP contribution in [-0.4, -0.2) is 61.5 Å². The van der Waals surface area contributed by atoms with Gasteiger partial charge in [0.1, 0.15) is 11.5 Å². The van der Waals surface area contributed by atoms with Gasteiger partial charge in [-0.1, -0.05) is 12.7 Å².